The molecule has 1 N–H and O–H groups in total. The summed E-state index contributed by atoms with van der Waals surface area (Å²) in [6.07, 6.45) is 1.52. The van der Waals surface area contributed by atoms with E-state index >= 15 is 0 Å². The summed E-state index contributed by atoms with van der Waals surface area (Å²) < 4.78 is 16.4. The molecule has 0 saturated carbocycles. The minimum absolute atomic E-state index is 0.246. The van der Waals surface area contributed by atoms with Gasteiger partial charge in [-0.25, -0.2) is 0 Å². The van der Waals surface area contributed by atoms with Crippen LogP contribution < -0.4 is 10.1 Å². The van der Waals surface area contributed by atoms with Gasteiger partial charge in [0.15, 0.2) is 5.76 Å². The van der Waals surface area contributed by atoms with Crippen molar-refractivity contribution in [3.05, 3.63) is 70.4 Å². The van der Waals surface area contributed by atoms with Gasteiger partial charge in [0.2, 0.25) is 5.89 Å². The number of carbonyl (C=O) groups is 1. The van der Waals surface area contributed by atoms with Crippen LogP contribution in [-0.4, -0.2) is 22.7 Å². The molecule has 7 nitrogen and oxygen atoms in total. The third kappa shape index (κ3) is 4.17. The zero-order valence-electron chi connectivity index (χ0n) is 15.7. The van der Waals surface area contributed by atoms with Crippen LogP contribution in [0.5, 0.6) is 5.75 Å². The van der Waals surface area contributed by atoms with Crippen molar-refractivity contribution in [1.82, 2.24) is 10.2 Å². The predicted molar refractivity (Wildman–Crippen MR) is 113 cm³/mol. The summed E-state index contributed by atoms with van der Waals surface area (Å²) in [4.78, 5) is 12.8. The number of nitrogens with zero attached hydrogens (tertiary/aromatic N) is 2. The van der Waals surface area contributed by atoms with E-state index < -0.39 is 5.91 Å². The molecule has 9 heteroatoms. The van der Waals surface area contributed by atoms with E-state index in [1.54, 1.807) is 42.5 Å². The van der Waals surface area contributed by atoms with Crippen molar-refractivity contribution < 1.29 is 18.4 Å². The van der Waals surface area contributed by atoms with Gasteiger partial charge < -0.3 is 18.9 Å². The number of rotatable bonds is 6. The van der Waals surface area contributed by atoms with Crippen LogP contribution in [0.3, 0.4) is 0 Å². The van der Waals surface area contributed by atoms with Gasteiger partial charge in [-0.15, -0.1) is 10.2 Å². The lowest BCUT2D eigenvalue weighted by atomic mass is 10.1. The number of amides is 1. The minimum Gasteiger partial charge on any atom is -0.493 e. The van der Waals surface area contributed by atoms with Gasteiger partial charge in [0, 0.05) is 10.6 Å². The van der Waals surface area contributed by atoms with Gasteiger partial charge >= 0.3 is 0 Å². The van der Waals surface area contributed by atoms with E-state index in [0.717, 1.165) is 0 Å². The Morgan fingerprint density at radius 2 is 1.93 bits per heavy atom. The van der Waals surface area contributed by atoms with E-state index in [2.05, 4.69) is 15.5 Å². The molecular weight excluding hydrogens is 429 g/mol. The maximum absolute atomic E-state index is 12.8. The fourth-order valence-electron chi connectivity index (χ4n) is 2.74. The van der Waals surface area contributed by atoms with Crippen molar-refractivity contribution in [2.45, 2.75) is 6.92 Å². The number of anilines is 1. The third-order valence-corrected chi connectivity index (χ3v) is 4.67. The molecule has 0 spiro atoms. The first kappa shape index (κ1) is 20.0. The van der Waals surface area contributed by atoms with Gasteiger partial charge in [-0.1, -0.05) is 23.2 Å². The molecule has 4 aromatic rings. The average Bonchev–Trinajstić information content (AvgIpc) is 3.43. The van der Waals surface area contributed by atoms with Crippen LogP contribution in [0.4, 0.5) is 5.69 Å². The molecule has 0 atom stereocenters. The number of halogens is 2. The Hall–Kier alpha value is -3.29. The van der Waals surface area contributed by atoms with Gasteiger partial charge in [-0.2, -0.15) is 0 Å². The van der Waals surface area contributed by atoms with Gasteiger partial charge in [0.25, 0.3) is 11.8 Å². The van der Waals surface area contributed by atoms with E-state index in [9.17, 15) is 4.79 Å². The second-order valence-electron chi connectivity index (χ2n) is 6.11. The van der Waals surface area contributed by atoms with Crippen molar-refractivity contribution in [2.75, 3.05) is 11.9 Å². The van der Waals surface area contributed by atoms with Crippen molar-refractivity contribution in [3.8, 4) is 28.9 Å². The summed E-state index contributed by atoms with van der Waals surface area (Å²) >= 11 is 12.3. The number of furan rings is 1. The Kier molecular flexibility index (Phi) is 5.74. The molecule has 0 radical (unpaired) electrons. The monoisotopic (exact) mass is 443 g/mol. The zero-order chi connectivity index (χ0) is 21.1. The molecule has 2 heterocycles. The Morgan fingerprint density at radius 3 is 2.70 bits per heavy atom. The highest BCUT2D eigenvalue weighted by atomic mass is 35.5. The summed E-state index contributed by atoms with van der Waals surface area (Å²) in [6, 6.07) is 13.3. The Labute approximate surface area is 181 Å². The molecular formula is C21H15Cl2N3O4. The summed E-state index contributed by atoms with van der Waals surface area (Å²) in [5.74, 6) is 0.969. The molecule has 0 aliphatic heterocycles. The van der Waals surface area contributed by atoms with E-state index in [1.807, 2.05) is 6.92 Å². The Morgan fingerprint density at radius 1 is 1.10 bits per heavy atom. The molecule has 1 amide bonds. The first-order chi connectivity index (χ1) is 14.5. The topological polar surface area (TPSA) is 90.4 Å². The smallest absolute Gasteiger partial charge is 0.283 e. The number of aromatic nitrogens is 2. The number of benzene rings is 2. The highest BCUT2D eigenvalue weighted by molar-refractivity contribution is 6.34. The molecule has 0 aliphatic rings. The van der Waals surface area contributed by atoms with Crippen molar-refractivity contribution in [1.29, 1.82) is 0 Å². The van der Waals surface area contributed by atoms with Gasteiger partial charge in [-0.05, 0) is 55.5 Å². The SMILES string of the molecule is CCOc1ccc(Cl)cc1C(=O)Nc1cc(-c2nnc(-c3ccco3)o2)ccc1Cl. The van der Waals surface area contributed by atoms with Crippen molar-refractivity contribution >= 4 is 34.8 Å². The van der Waals surface area contributed by atoms with E-state index in [0.29, 0.717) is 45.0 Å². The average molecular weight is 444 g/mol. The van der Waals surface area contributed by atoms with Gasteiger partial charge in [-0.3, -0.25) is 4.79 Å². The fraction of sp³-hybridized carbons (Fsp3) is 0.0952. The standard InChI is InChI=1S/C21H15Cl2N3O4/c1-2-28-17-8-6-13(22)11-14(17)19(27)24-16-10-12(5-7-15(16)23)20-25-26-21(30-20)18-4-3-9-29-18/h3-11H,2H2,1H3,(H,24,27). The van der Waals surface area contributed by atoms with Crippen LogP contribution >= 0.6 is 23.2 Å². The molecule has 0 fully saturated rings. The largest absolute Gasteiger partial charge is 0.493 e. The summed E-state index contributed by atoms with van der Waals surface area (Å²) in [5.41, 5.74) is 1.25. The molecule has 4 rings (SSSR count). The maximum atomic E-state index is 12.8. The lowest BCUT2D eigenvalue weighted by Crippen LogP contribution is -2.14. The molecule has 0 saturated heterocycles. The molecule has 2 aromatic carbocycles. The van der Waals surface area contributed by atoms with Gasteiger partial charge in [0.1, 0.15) is 5.75 Å². The summed E-state index contributed by atoms with van der Waals surface area (Å²) in [7, 11) is 0. The normalized spacial score (nSPS) is 10.8. The molecule has 152 valence electrons. The zero-order valence-corrected chi connectivity index (χ0v) is 17.2. The maximum Gasteiger partial charge on any atom is 0.283 e. The number of nitrogens with one attached hydrogen (secondary N) is 1. The van der Waals surface area contributed by atoms with Crippen molar-refractivity contribution in [2.24, 2.45) is 0 Å². The van der Waals surface area contributed by atoms with Crippen LogP contribution in [0.2, 0.25) is 10.0 Å². The molecule has 0 aliphatic carbocycles. The highest BCUT2D eigenvalue weighted by Crippen LogP contribution is 2.31. The van der Waals surface area contributed by atoms with Crippen LogP contribution in [0.1, 0.15) is 17.3 Å². The van der Waals surface area contributed by atoms with Crippen LogP contribution in [0, 0.1) is 0 Å². The summed E-state index contributed by atoms with van der Waals surface area (Å²) in [5, 5.41) is 11.5. The highest BCUT2D eigenvalue weighted by Gasteiger charge is 2.17. The van der Waals surface area contributed by atoms with E-state index in [-0.39, 0.29) is 11.8 Å². The summed E-state index contributed by atoms with van der Waals surface area (Å²) in [6.45, 7) is 2.24. The van der Waals surface area contributed by atoms with E-state index in [1.165, 1.54) is 12.3 Å². The minimum atomic E-state index is -0.415. The van der Waals surface area contributed by atoms with E-state index in [4.69, 9.17) is 36.8 Å². The first-order valence-electron chi connectivity index (χ1n) is 8.96. The van der Waals surface area contributed by atoms with Crippen LogP contribution in [-0.2, 0) is 0 Å². The lowest BCUT2D eigenvalue weighted by Gasteiger charge is -2.12. The quantitative estimate of drug-likeness (QED) is 0.395. The Balaban J connectivity index is 1.62. The fourth-order valence-corrected chi connectivity index (χ4v) is 3.08. The van der Waals surface area contributed by atoms with Crippen molar-refractivity contribution in [3.63, 3.8) is 0 Å². The number of hydrogen-bond acceptors (Lipinski definition) is 6. The Bertz CT molecular complexity index is 1190. The number of ether oxygens (including phenoxy) is 1. The van der Waals surface area contributed by atoms with Crippen LogP contribution in [0.25, 0.3) is 23.1 Å². The predicted octanol–water partition coefficient (Wildman–Crippen LogP) is 5.95. The molecule has 0 unspecified atom stereocenters. The second kappa shape index (κ2) is 8.61. The first-order valence-corrected chi connectivity index (χ1v) is 9.71. The second-order valence-corrected chi connectivity index (χ2v) is 6.96. The molecule has 2 aromatic heterocycles. The van der Waals surface area contributed by atoms with Crippen LogP contribution in [0.15, 0.2) is 63.6 Å². The third-order valence-electron chi connectivity index (χ3n) is 4.10. The molecule has 30 heavy (non-hydrogen) atoms. The number of carbonyl (C=O) groups excluding carboxylic acids is 1. The lowest BCUT2D eigenvalue weighted by molar-refractivity contribution is 0.102. The number of hydrogen-bond donors (Lipinski definition) is 1. The van der Waals surface area contributed by atoms with Gasteiger partial charge in [0.05, 0.1) is 29.1 Å². The molecule has 0 bridgehead atoms.